The molecule has 0 saturated carbocycles. The molecule has 1 heterocycles. The van der Waals surface area contributed by atoms with E-state index in [4.69, 9.17) is 10.5 Å². The van der Waals surface area contributed by atoms with E-state index < -0.39 is 11.5 Å². The summed E-state index contributed by atoms with van der Waals surface area (Å²) in [7, 11) is 1.44. The van der Waals surface area contributed by atoms with E-state index in [2.05, 4.69) is 9.97 Å². The van der Waals surface area contributed by atoms with Crippen LogP contribution >= 0.6 is 0 Å². The topological polar surface area (TPSA) is 81.0 Å². The SMILES string of the molecule is COC(C(N)=O)(c1ccccc1)c1c[nH]cn1. The summed E-state index contributed by atoms with van der Waals surface area (Å²) in [6.07, 6.45) is 3.08. The Bertz CT molecular complexity index is 496. The summed E-state index contributed by atoms with van der Waals surface area (Å²) in [5.41, 5.74) is 5.24. The molecule has 5 heteroatoms. The number of amides is 1. The van der Waals surface area contributed by atoms with Crippen LogP contribution < -0.4 is 5.73 Å². The highest BCUT2D eigenvalue weighted by atomic mass is 16.5. The predicted octanol–water partition coefficient (Wildman–Crippen LogP) is 0.785. The van der Waals surface area contributed by atoms with E-state index in [-0.39, 0.29) is 0 Å². The zero-order chi connectivity index (χ0) is 12.3. The Morgan fingerprint density at radius 2 is 2.12 bits per heavy atom. The molecule has 2 aromatic rings. The number of aromatic nitrogens is 2. The Labute approximate surface area is 98.6 Å². The normalized spacial score (nSPS) is 14.2. The van der Waals surface area contributed by atoms with Crippen LogP contribution in [0.3, 0.4) is 0 Å². The van der Waals surface area contributed by atoms with Gasteiger partial charge in [-0.2, -0.15) is 0 Å². The molecular formula is C12H13N3O2. The van der Waals surface area contributed by atoms with E-state index in [0.717, 1.165) is 0 Å². The minimum absolute atomic E-state index is 0.443. The van der Waals surface area contributed by atoms with Gasteiger partial charge in [0.1, 0.15) is 5.69 Å². The standard InChI is InChI=1S/C12H13N3O2/c1-17-12(11(13)16,10-7-14-8-15-10)9-5-3-2-4-6-9/h2-8H,1H3,(H2,13,16)(H,14,15). The highest BCUT2D eigenvalue weighted by molar-refractivity contribution is 5.88. The first-order valence-electron chi connectivity index (χ1n) is 5.11. The van der Waals surface area contributed by atoms with Crippen molar-refractivity contribution in [3.05, 3.63) is 54.1 Å². The van der Waals surface area contributed by atoms with Crippen molar-refractivity contribution in [1.82, 2.24) is 9.97 Å². The molecule has 2 rings (SSSR count). The first kappa shape index (κ1) is 11.3. The zero-order valence-electron chi connectivity index (χ0n) is 9.38. The molecule has 0 aliphatic carbocycles. The number of nitrogens with one attached hydrogen (secondary N) is 1. The smallest absolute Gasteiger partial charge is 0.260 e. The number of carbonyl (C=O) groups excluding carboxylic acids is 1. The second-order valence-corrected chi connectivity index (χ2v) is 3.57. The number of imidazole rings is 1. The van der Waals surface area contributed by atoms with E-state index in [1.807, 2.05) is 18.2 Å². The lowest BCUT2D eigenvalue weighted by atomic mass is 9.90. The quantitative estimate of drug-likeness (QED) is 0.816. The van der Waals surface area contributed by atoms with Gasteiger partial charge in [-0.1, -0.05) is 30.3 Å². The monoisotopic (exact) mass is 231 g/mol. The zero-order valence-corrected chi connectivity index (χ0v) is 9.38. The van der Waals surface area contributed by atoms with Crippen LogP contribution in [-0.4, -0.2) is 23.0 Å². The Balaban J connectivity index is 2.63. The molecular weight excluding hydrogens is 218 g/mol. The largest absolute Gasteiger partial charge is 0.366 e. The van der Waals surface area contributed by atoms with E-state index in [1.165, 1.54) is 13.4 Å². The van der Waals surface area contributed by atoms with Gasteiger partial charge in [-0.05, 0) is 5.56 Å². The van der Waals surface area contributed by atoms with Gasteiger partial charge in [-0.15, -0.1) is 0 Å². The fourth-order valence-corrected chi connectivity index (χ4v) is 1.87. The first-order chi connectivity index (χ1) is 8.21. The Morgan fingerprint density at radius 3 is 2.59 bits per heavy atom. The average molecular weight is 231 g/mol. The summed E-state index contributed by atoms with van der Waals surface area (Å²) in [5, 5.41) is 0. The van der Waals surface area contributed by atoms with Crippen molar-refractivity contribution in [1.29, 1.82) is 0 Å². The molecule has 1 aromatic carbocycles. The summed E-state index contributed by atoms with van der Waals surface area (Å²) < 4.78 is 5.37. The van der Waals surface area contributed by atoms with Crippen molar-refractivity contribution in [2.24, 2.45) is 5.73 Å². The molecule has 5 nitrogen and oxygen atoms in total. The van der Waals surface area contributed by atoms with Crippen molar-refractivity contribution in [3.8, 4) is 0 Å². The molecule has 1 atom stereocenters. The number of nitrogens with two attached hydrogens (primary N) is 1. The number of carbonyl (C=O) groups is 1. The molecule has 1 aromatic heterocycles. The van der Waals surface area contributed by atoms with Crippen molar-refractivity contribution >= 4 is 5.91 Å². The number of aromatic amines is 1. The maximum absolute atomic E-state index is 11.8. The molecule has 17 heavy (non-hydrogen) atoms. The van der Waals surface area contributed by atoms with E-state index in [9.17, 15) is 4.79 Å². The third-order valence-electron chi connectivity index (χ3n) is 2.69. The van der Waals surface area contributed by atoms with Crippen LogP contribution in [0.1, 0.15) is 11.3 Å². The summed E-state index contributed by atoms with van der Waals surface area (Å²) in [4.78, 5) is 18.7. The minimum atomic E-state index is -1.35. The predicted molar refractivity (Wildman–Crippen MR) is 62.0 cm³/mol. The number of nitrogens with zero attached hydrogens (tertiary/aromatic N) is 1. The van der Waals surface area contributed by atoms with Gasteiger partial charge in [0.15, 0.2) is 0 Å². The van der Waals surface area contributed by atoms with Crippen molar-refractivity contribution in [2.75, 3.05) is 7.11 Å². The van der Waals surface area contributed by atoms with Gasteiger partial charge in [0.25, 0.3) is 5.91 Å². The molecule has 0 radical (unpaired) electrons. The van der Waals surface area contributed by atoms with Crippen LogP contribution in [0.15, 0.2) is 42.9 Å². The van der Waals surface area contributed by atoms with Gasteiger partial charge < -0.3 is 15.5 Å². The van der Waals surface area contributed by atoms with Crippen molar-refractivity contribution in [3.63, 3.8) is 0 Å². The van der Waals surface area contributed by atoms with Gasteiger partial charge in [-0.25, -0.2) is 4.98 Å². The molecule has 1 unspecified atom stereocenters. The van der Waals surface area contributed by atoms with Crippen LogP contribution in [0.5, 0.6) is 0 Å². The molecule has 3 N–H and O–H groups in total. The molecule has 0 saturated heterocycles. The number of benzene rings is 1. The maximum Gasteiger partial charge on any atom is 0.260 e. The molecule has 0 aliphatic rings. The Hall–Kier alpha value is -2.14. The first-order valence-corrected chi connectivity index (χ1v) is 5.11. The highest BCUT2D eigenvalue weighted by Crippen LogP contribution is 2.31. The van der Waals surface area contributed by atoms with E-state index in [1.54, 1.807) is 18.3 Å². The molecule has 88 valence electrons. The second-order valence-electron chi connectivity index (χ2n) is 3.57. The summed E-state index contributed by atoms with van der Waals surface area (Å²) in [5.74, 6) is -0.599. The number of hydrogen-bond donors (Lipinski definition) is 2. The number of ether oxygens (including phenoxy) is 1. The van der Waals surface area contributed by atoms with Crippen molar-refractivity contribution in [2.45, 2.75) is 5.60 Å². The lowest BCUT2D eigenvalue weighted by Crippen LogP contribution is -2.44. The Kier molecular flexibility index (Phi) is 2.93. The van der Waals surface area contributed by atoms with Crippen LogP contribution in [0.4, 0.5) is 0 Å². The van der Waals surface area contributed by atoms with Crippen LogP contribution in [0.25, 0.3) is 0 Å². The number of rotatable bonds is 4. The molecule has 0 bridgehead atoms. The molecule has 0 spiro atoms. The maximum atomic E-state index is 11.8. The highest BCUT2D eigenvalue weighted by Gasteiger charge is 2.42. The second kappa shape index (κ2) is 4.39. The summed E-state index contributed by atoms with van der Waals surface area (Å²) in [6.45, 7) is 0. The van der Waals surface area contributed by atoms with Crippen LogP contribution in [0, 0.1) is 0 Å². The molecule has 1 amide bonds. The third kappa shape index (κ3) is 1.70. The summed E-state index contributed by atoms with van der Waals surface area (Å²) in [6, 6.07) is 9.05. The van der Waals surface area contributed by atoms with E-state index >= 15 is 0 Å². The summed E-state index contributed by atoms with van der Waals surface area (Å²) >= 11 is 0. The van der Waals surface area contributed by atoms with Gasteiger partial charge in [0, 0.05) is 13.3 Å². The molecule has 0 fully saturated rings. The van der Waals surface area contributed by atoms with Gasteiger partial charge >= 0.3 is 0 Å². The lowest BCUT2D eigenvalue weighted by Gasteiger charge is -2.27. The number of H-pyrrole nitrogens is 1. The average Bonchev–Trinajstić information content (AvgIpc) is 2.86. The fraction of sp³-hybridized carbons (Fsp3) is 0.167. The van der Waals surface area contributed by atoms with Crippen LogP contribution in [-0.2, 0) is 15.1 Å². The van der Waals surface area contributed by atoms with E-state index in [0.29, 0.717) is 11.3 Å². The Morgan fingerprint density at radius 1 is 1.41 bits per heavy atom. The van der Waals surface area contributed by atoms with Crippen LogP contribution in [0.2, 0.25) is 0 Å². The number of methoxy groups -OCH3 is 1. The van der Waals surface area contributed by atoms with Gasteiger partial charge in [-0.3, -0.25) is 4.79 Å². The fourth-order valence-electron chi connectivity index (χ4n) is 1.87. The number of hydrogen-bond acceptors (Lipinski definition) is 3. The van der Waals surface area contributed by atoms with Gasteiger partial charge in [0.2, 0.25) is 5.60 Å². The van der Waals surface area contributed by atoms with Crippen molar-refractivity contribution < 1.29 is 9.53 Å². The third-order valence-corrected chi connectivity index (χ3v) is 2.69. The minimum Gasteiger partial charge on any atom is -0.366 e. The number of primary amides is 1. The van der Waals surface area contributed by atoms with Gasteiger partial charge in [0.05, 0.1) is 6.33 Å². The lowest BCUT2D eigenvalue weighted by molar-refractivity contribution is -0.136. The molecule has 0 aliphatic heterocycles.